The monoisotopic (exact) mass is 328 g/mol. The topological polar surface area (TPSA) is 18.5 Å². The van der Waals surface area contributed by atoms with Crippen molar-refractivity contribution in [1.82, 2.24) is 0 Å². The van der Waals surface area contributed by atoms with Gasteiger partial charge in [-0.05, 0) is 42.3 Å². The Morgan fingerprint density at radius 2 is 1.71 bits per heavy atom. The zero-order chi connectivity index (χ0) is 15.6. The standard InChI is InChI=1S/C16H15Cl2FO2/c1-9-7-13(20-2)14(21-3)8-10(9)16(18)15-11(17)5-4-6-12(15)19/h4-8,16H,1-3H3. The largest absolute Gasteiger partial charge is 0.493 e. The SMILES string of the molecule is COc1cc(C)c(C(Cl)c2c(F)cccc2Cl)cc1OC. The molecule has 0 saturated carbocycles. The van der Waals surface area contributed by atoms with Crippen LogP contribution in [-0.4, -0.2) is 14.2 Å². The van der Waals surface area contributed by atoms with Crippen LogP contribution in [0.15, 0.2) is 30.3 Å². The Bertz CT molecular complexity index is 639. The minimum absolute atomic E-state index is 0.260. The minimum atomic E-state index is -0.710. The van der Waals surface area contributed by atoms with Gasteiger partial charge in [0.1, 0.15) is 5.82 Å². The fraction of sp³-hybridized carbons (Fsp3) is 0.250. The average Bonchev–Trinajstić information content (AvgIpc) is 2.46. The minimum Gasteiger partial charge on any atom is -0.493 e. The number of halogens is 3. The molecule has 2 aromatic rings. The average molecular weight is 329 g/mol. The van der Waals surface area contributed by atoms with Crippen LogP contribution in [0.3, 0.4) is 0 Å². The normalized spacial score (nSPS) is 12.1. The van der Waals surface area contributed by atoms with Crippen LogP contribution in [0.5, 0.6) is 11.5 Å². The van der Waals surface area contributed by atoms with Gasteiger partial charge in [0.2, 0.25) is 0 Å². The number of aryl methyl sites for hydroxylation is 1. The molecule has 21 heavy (non-hydrogen) atoms. The van der Waals surface area contributed by atoms with Gasteiger partial charge in [-0.2, -0.15) is 0 Å². The molecular formula is C16H15Cl2FO2. The molecule has 0 aromatic heterocycles. The van der Waals surface area contributed by atoms with Gasteiger partial charge in [0, 0.05) is 10.6 Å². The van der Waals surface area contributed by atoms with E-state index in [0.29, 0.717) is 16.5 Å². The zero-order valence-electron chi connectivity index (χ0n) is 11.9. The summed E-state index contributed by atoms with van der Waals surface area (Å²) in [6, 6.07) is 8.05. The molecule has 0 aliphatic carbocycles. The van der Waals surface area contributed by atoms with E-state index < -0.39 is 11.2 Å². The first-order valence-electron chi connectivity index (χ1n) is 6.30. The Kier molecular flexibility index (Phi) is 4.96. The molecule has 5 heteroatoms. The Balaban J connectivity index is 2.56. The van der Waals surface area contributed by atoms with E-state index in [4.69, 9.17) is 32.7 Å². The van der Waals surface area contributed by atoms with Gasteiger partial charge >= 0.3 is 0 Å². The molecule has 0 amide bonds. The molecule has 1 unspecified atom stereocenters. The summed E-state index contributed by atoms with van der Waals surface area (Å²) in [5, 5.41) is -0.414. The second-order valence-electron chi connectivity index (χ2n) is 4.56. The Hall–Kier alpha value is -1.45. The van der Waals surface area contributed by atoms with Crippen LogP contribution in [0.2, 0.25) is 5.02 Å². The second kappa shape index (κ2) is 6.54. The fourth-order valence-electron chi connectivity index (χ4n) is 2.18. The van der Waals surface area contributed by atoms with Crippen LogP contribution < -0.4 is 9.47 Å². The molecule has 0 heterocycles. The smallest absolute Gasteiger partial charge is 0.161 e. The Morgan fingerprint density at radius 3 is 2.29 bits per heavy atom. The fourth-order valence-corrected chi connectivity index (χ4v) is 2.96. The van der Waals surface area contributed by atoms with E-state index in [1.165, 1.54) is 13.2 Å². The molecule has 0 aliphatic heterocycles. The van der Waals surface area contributed by atoms with Gasteiger partial charge in [0.05, 0.1) is 19.6 Å². The van der Waals surface area contributed by atoms with Crippen molar-refractivity contribution in [3.8, 4) is 11.5 Å². The molecule has 2 nitrogen and oxygen atoms in total. The predicted octanol–water partition coefficient (Wildman–Crippen LogP) is 5.13. The van der Waals surface area contributed by atoms with E-state index in [2.05, 4.69) is 0 Å². The van der Waals surface area contributed by atoms with E-state index >= 15 is 0 Å². The van der Waals surface area contributed by atoms with Gasteiger partial charge < -0.3 is 9.47 Å². The van der Waals surface area contributed by atoms with Crippen LogP contribution in [0.25, 0.3) is 0 Å². The van der Waals surface area contributed by atoms with Crippen molar-refractivity contribution in [1.29, 1.82) is 0 Å². The van der Waals surface area contributed by atoms with Crippen LogP contribution >= 0.6 is 23.2 Å². The third-order valence-electron chi connectivity index (χ3n) is 3.30. The van der Waals surface area contributed by atoms with Crippen molar-refractivity contribution >= 4 is 23.2 Å². The molecule has 1 atom stereocenters. The maximum atomic E-state index is 14.0. The second-order valence-corrected chi connectivity index (χ2v) is 5.41. The van der Waals surface area contributed by atoms with Crippen molar-refractivity contribution in [2.24, 2.45) is 0 Å². The van der Waals surface area contributed by atoms with Crippen LogP contribution in [-0.2, 0) is 0 Å². The summed E-state index contributed by atoms with van der Waals surface area (Å²) < 4.78 is 24.5. The van der Waals surface area contributed by atoms with E-state index in [1.807, 2.05) is 6.92 Å². The Morgan fingerprint density at radius 1 is 1.10 bits per heavy atom. The van der Waals surface area contributed by atoms with Crippen molar-refractivity contribution in [3.63, 3.8) is 0 Å². The summed E-state index contributed by atoms with van der Waals surface area (Å²) in [6.07, 6.45) is 0. The van der Waals surface area contributed by atoms with E-state index in [1.54, 1.807) is 31.4 Å². The van der Waals surface area contributed by atoms with Gasteiger partial charge in [-0.25, -0.2) is 4.39 Å². The van der Waals surface area contributed by atoms with Gasteiger partial charge in [0.15, 0.2) is 11.5 Å². The summed E-state index contributed by atoms with van der Waals surface area (Å²) in [4.78, 5) is 0. The van der Waals surface area contributed by atoms with Crippen LogP contribution in [0.4, 0.5) is 4.39 Å². The highest BCUT2D eigenvalue weighted by atomic mass is 35.5. The van der Waals surface area contributed by atoms with E-state index in [-0.39, 0.29) is 5.56 Å². The molecular weight excluding hydrogens is 314 g/mol. The summed E-state index contributed by atoms with van der Waals surface area (Å²) in [6.45, 7) is 1.88. The third-order valence-corrected chi connectivity index (χ3v) is 4.08. The predicted molar refractivity (Wildman–Crippen MR) is 83.4 cm³/mol. The third kappa shape index (κ3) is 3.09. The molecule has 0 aliphatic rings. The summed E-state index contributed by atoms with van der Waals surface area (Å²) >= 11 is 12.5. The maximum Gasteiger partial charge on any atom is 0.161 e. The molecule has 0 fully saturated rings. The van der Waals surface area contributed by atoms with Crippen molar-refractivity contribution < 1.29 is 13.9 Å². The lowest BCUT2D eigenvalue weighted by Gasteiger charge is -2.18. The molecule has 2 rings (SSSR count). The summed E-state index contributed by atoms with van der Waals surface area (Å²) in [5.74, 6) is 0.704. The van der Waals surface area contributed by atoms with Crippen molar-refractivity contribution in [2.75, 3.05) is 14.2 Å². The number of methoxy groups -OCH3 is 2. The van der Waals surface area contributed by atoms with Crippen molar-refractivity contribution in [2.45, 2.75) is 12.3 Å². The van der Waals surface area contributed by atoms with Gasteiger partial charge in [-0.3, -0.25) is 0 Å². The van der Waals surface area contributed by atoms with Crippen LogP contribution in [0.1, 0.15) is 22.1 Å². The zero-order valence-corrected chi connectivity index (χ0v) is 13.4. The maximum absolute atomic E-state index is 14.0. The quantitative estimate of drug-likeness (QED) is 0.724. The highest BCUT2D eigenvalue weighted by Crippen LogP contribution is 2.40. The first-order valence-corrected chi connectivity index (χ1v) is 7.11. The molecule has 0 N–H and O–H groups in total. The first kappa shape index (κ1) is 15.9. The lowest BCUT2D eigenvalue weighted by molar-refractivity contribution is 0.354. The molecule has 0 bridgehead atoms. The van der Waals surface area contributed by atoms with Gasteiger partial charge in [-0.15, -0.1) is 11.6 Å². The Labute approximate surface area is 133 Å². The number of benzene rings is 2. The number of alkyl halides is 1. The number of rotatable bonds is 4. The van der Waals surface area contributed by atoms with E-state index in [0.717, 1.165) is 11.1 Å². The molecule has 2 aromatic carbocycles. The molecule has 112 valence electrons. The number of hydrogen-bond donors (Lipinski definition) is 0. The highest BCUT2D eigenvalue weighted by Gasteiger charge is 2.22. The lowest BCUT2D eigenvalue weighted by Crippen LogP contribution is -2.02. The highest BCUT2D eigenvalue weighted by molar-refractivity contribution is 6.33. The number of hydrogen-bond acceptors (Lipinski definition) is 2. The van der Waals surface area contributed by atoms with Gasteiger partial charge in [-0.1, -0.05) is 17.7 Å². The summed E-state index contributed by atoms with van der Waals surface area (Å²) in [7, 11) is 3.10. The summed E-state index contributed by atoms with van der Waals surface area (Å²) in [5.41, 5.74) is 1.85. The molecule has 0 radical (unpaired) electrons. The number of ether oxygens (including phenoxy) is 2. The molecule has 0 spiro atoms. The van der Waals surface area contributed by atoms with Crippen LogP contribution in [0, 0.1) is 12.7 Å². The lowest BCUT2D eigenvalue weighted by atomic mass is 9.98. The first-order chi connectivity index (χ1) is 9.99. The van der Waals surface area contributed by atoms with E-state index in [9.17, 15) is 4.39 Å². The van der Waals surface area contributed by atoms with Crippen molar-refractivity contribution in [3.05, 3.63) is 57.9 Å². The van der Waals surface area contributed by atoms with Gasteiger partial charge in [0.25, 0.3) is 0 Å². The molecule has 0 saturated heterocycles.